The summed E-state index contributed by atoms with van der Waals surface area (Å²) in [6.07, 6.45) is 0. The molecular weight excluding hydrogens is 286 g/mol. The molecule has 3 rings (SSSR count). The summed E-state index contributed by atoms with van der Waals surface area (Å²) in [6.45, 7) is 3.83. The second-order valence-electron chi connectivity index (χ2n) is 5.72. The van der Waals surface area contributed by atoms with Gasteiger partial charge in [0.2, 0.25) is 0 Å². The van der Waals surface area contributed by atoms with E-state index in [2.05, 4.69) is 5.32 Å². The second kappa shape index (κ2) is 6.13. The maximum absolute atomic E-state index is 12.6. The van der Waals surface area contributed by atoms with Crippen LogP contribution in [0.15, 0.2) is 77.2 Å². The van der Waals surface area contributed by atoms with Crippen LogP contribution in [0.5, 0.6) is 0 Å². The Morgan fingerprint density at radius 1 is 0.870 bits per heavy atom. The summed E-state index contributed by atoms with van der Waals surface area (Å²) >= 11 is 0. The number of benzene rings is 2. The molecule has 0 aliphatic carbocycles. The van der Waals surface area contributed by atoms with Crippen molar-refractivity contribution in [1.29, 1.82) is 0 Å². The molecule has 1 heterocycles. The van der Waals surface area contributed by atoms with Crippen LogP contribution in [0.2, 0.25) is 0 Å². The highest BCUT2D eigenvalue weighted by Crippen LogP contribution is 2.29. The first kappa shape index (κ1) is 15.1. The minimum atomic E-state index is -0.639. The number of nitrogens with one attached hydrogen (secondary N) is 1. The first-order chi connectivity index (χ1) is 11.1. The maximum atomic E-state index is 12.6. The molecule has 0 fully saturated rings. The van der Waals surface area contributed by atoms with E-state index in [4.69, 9.17) is 4.42 Å². The number of rotatable bonds is 4. The van der Waals surface area contributed by atoms with Gasteiger partial charge in [-0.2, -0.15) is 0 Å². The van der Waals surface area contributed by atoms with Crippen molar-refractivity contribution in [2.24, 2.45) is 0 Å². The van der Waals surface area contributed by atoms with Crippen LogP contribution in [0.25, 0.3) is 0 Å². The lowest BCUT2D eigenvalue weighted by atomic mass is 9.84. The minimum absolute atomic E-state index is 0.228. The fraction of sp³-hybridized carbons (Fsp3) is 0.150. The second-order valence-corrected chi connectivity index (χ2v) is 5.72. The summed E-state index contributed by atoms with van der Waals surface area (Å²) in [5.41, 5.74) is 1.39. The fourth-order valence-electron chi connectivity index (χ4n) is 2.70. The van der Waals surface area contributed by atoms with Crippen LogP contribution < -0.4 is 5.32 Å². The first-order valence-electron chi connectivity index (χ1n) is 7.59. The van der Waals surface area contributed by atoms with Gasteiger partial charge in [0.25, 0.3) is 5.91 Å². The van der Waals surface area contributed by atoms with Crippen LogP contribution in [0.1, 0.15) is 34.4 Å². The van der Waals surface area contributed by atoms with Crippen LogP contribution in [-0.4, -0.2) is 5.91 Å². The van der Waals surface area contributed by atoms with Gasteiger partial charge in [-0.25, -0.2) is 0 Å². The number of amides is 1. The van der Waals surface area contributed by atoms with Crippen LogP contribution >= 0.6 is 0 Å². The average molecular weight is 305 g/mol. The van der Waals surface area contributed by atoms with Crippen LogP contribution in [0.3, 0.4) is 0 Å². The van der Waals surface area contributed by atoms with Gasteiger partial charge in [0.15, 0.2) is 5.76 Å². The Morgan fingerprint density at radius 3 is 1.83 bits per heavy atom. The Kier molecular flexibility index (Phi) is 4.02. The number of hydrogen-bond donors (Lipinski definition) is 1. The van der Waals surface area contributed by atoms with Gasteiger partial charge in [0.1, 0.15) is 5.76 Å². The van der Waals surface area contributed by atoms with Crippen molar-refractivity contribution in [2.75, 3.05) is 0 Å². The smallest absolute Gasteiger partial charge is 0.287 e. The third kappa shape index (κ3) is 3.04. The van der Waals surface area contributed by atoms with E-state index in [0.717, 1.165) is 16.9 Å². The topological polar surface area (TPSA) is 42.2 Å². The van der Waals surface area contributed by atoms with Gasteiger partial charge in [-0.1, -0.05) is 60.7 Å². The fourth-order valence-corrected chi connectivity index (χ4v) is 2.70. The average Bonchev–Trinajstić information content (AvgIpc) is 3.03. The Morgan fingerprint density at radius 2 is 1.39 bits per heavy atom. The molecule has 0 radical (unpaired) electrons. The van der Waals surface area contributed by atoms with E-state index in [1.54, 1.807) is 12.1 Å². The molecular formula is C20H19NO2. The van der Waals surface area contributed by atoms with Crippen LogP contribution in [0.4, 0.5) is 0 Å². The quantitative estimate of drug-likeness (QED) is 0.781. The van der Waals surface area contributed by atoms with Crippen LogP contribution in [-0.2, 0) is 5.54 Å². The van der Waals surface area contributed by atoms with Crippen LogP contribution in [0, 0.1) is 6.92 Å². The largest absolute Gasteiger partial charge is 0.456 e. The van der Waals surface area contributed by atoms with E-state index in [9.17, 15) is 4.79 Å². The molecule has 0 unspecified atom stereocenters. The summed E-state index contributed by atoms with van der Waals surface area (Å²) in [6, 6.07) is 23.4. The van der Waals surface area contributed by atoms with E-state index in [-0.39, 0.29) is 5.91 Å². The molecule has 1 N–H and O–H groups in total. The molecule has 0 atom stereocenters. The van der Waals surface area contributed by atoms with Gasteiger partial charge < -0.3 is 9.73 Å². The highest BCUT2D eigenvalue weighted by Gasteiger charge is 2.31. The van der Waals surface area contributed by atoms with Crippen molar-refractivity contribution in [1.82, 2.24) is 5.32 Å². The molecule has 2 aromatic carbocycles. The number of carbonyl (C=O) groups is 1. The van der Waals surface area contributed by atoms with E-state index in [1.165, 1.54) is 0 Å². The molecule has 0 saturated heterocycles. The number of furan rings is 1. The molecule has 3 heteroatoms. The lowest BCUT2D eigenvalue weighted by Crippen LogP contribution is -2.44. The molecule has 116 valence electrons. The summed E-state index contributed by atoms with van der Waals surface area (Å²) < 4.78 is 5.45. The predicted molar refractivity (Wildman–Crippen MR) is 90.2 cm³/mol. The van der Waals surface area contributed by atoms with Crippen molar-refractivity contribution in [3.05, 3.63) is 95.4 Å². The Balaban J connectivity index is 2.01. The molecule has 0 saturated carbocycles. The maximum Gasteiger partial charge on any atom is 0.287 e. The number of hydrogen-bond acceptors (Lipinski definition) is 2. The Hall–Kier alpha value is -2.81. The van der Waals surface area contributed by atoms with Gasteiger partial charge >= 0.3 is 0 Å². The Labute approximate surface area is 136 Å². The van der Waals surface area contributed by atoms with Gasteiger partial charge in [0.05, 0.1) is 5.54 Å². The Bertz CT molecular complexity index is 751. The molecule has 0 spiro atoms. The van der Waals surface area contributed by atoms with Gasteiger partial charge in [-0.3, -0.25) is 4.79 Å². The normalized spacial score (nSPS) is 11.2. The summed E-state index contributed by atoms with van der Waals surface area (Å²) in [5, 5.41) is 3.12. The molecule has 1 aromatic heterocycles. The third-order valence-electron chi connectivity index (χ3n) is 4.03. The highest BCUT2D eigenvalue weighted by molar-refractivity contribution is 5.92. The summed E-state index contributed by atoms with van der Waals surface area (Å²) in [7, 11) is 0. The zero-order valence-corrected chi connectivity index (χ0v) is 13.2. The molecule has 3 nitrogen and oxygen atoms in total. The highest BCUT2D eigenvalue weighted by atomic mass is 16.3. The third-order valence-corrected chi connectivity index (χ3v) is 4.03. The first-order valence-corrected chi connectivity index (χ1v) is 7.59. The van der Waals surface area contributed by atoms with Gasteiger partial charge in [0, 0.05) is 0 Å². The van der Waals surface area contributed by atoms with Crippen molar-refractivity contribution in [2.45, 2.75) is 19.4 Å². The molecule has 23 heavy (non-hydrogen) atoms. The van der Waals surface area contributed by atoms with Gasteiger partial charge in [-0.05, 0) is 37.1 Å². The summed E-state index contributed by atoms with van der Waals surface area (Å²) in [5.74, 6) is 0.810. The molecule has 1 amide bonds. The van der Waals surface area contributed by atoms with E-state index in [1.807, 2.05) is 74.5 Å². The van der Waals surface area contributed by atoms with Gasteiger partial charge in [-0.15, -0.1) is 0 Å². The molecule has 3 aromatic rings. The number of carbonyl (C=O) groups excluding carboxylic acids is 1. The lowest BCUT2D eigenvalue weighted by molar-refractivity contribution is 0.0889. The predicted octanol–water partition coefficient (Wildman–Crippen LogP) is 4.28. The monoisotopic (exact) mass is 305 g/mol. The van der Waals surface area contributed by atoms with E-state index in [0.29, 0.717) is 5.76 Å². The van der Waals surface area contributed by atoms with E-state index >= 15 is 0 Å². The summed E-state index contributed by atoms with van der Waals surface area (Å²) in [4.78, 5) is 12.6. The van der Waals surface area contributed by atoms with Crippen molar-refractivity contribution in [3.8, 4) is 0 Å². The minimum Gasteiger partial charge on any atom is -0.456 e. The standard InChI is InChI=1S/C20H19NO2/c1-15-13-14-18(23-15)19(22)21-20(2,16-9-5-3-6-10-16)17-11-7-4-8-12-17/h3-14H,1-2H3,(H,21,22). The molecule has 0 aliphatic rings. The van der Waals surface area contributed by atoms with E-state index < -0.39 is 5.54 Å². The lowest BCUT2D eigenvalue weighted by Gasteiger charge is -2.32. The SMILES string of the molecule is Cc1ccc(C(=O)NC(C)(c2ccccc2)c2ccccc2)o1. The molecule has 0 aliphatic heterocycles. The van der Waals surface area contributed by atoms with Crippen molar-refractivity contribution >= 4 is 5.91 Å². The molecule has 0 bridgehead atoms. The zero-order valence-electron chi connectivity index (χ0n) is 13.2. The van der Waals surface area contributed by atoms with Crippen molar-refractivity contribution in [3.63, 3.8) is 0 Å². The zero-order chi connectivity index (χ0) is 16.3. The van der Waals surface area contributed by atoms with Crippen molar-refractivity contribution < 1.29 is 9.21 Å². The number of aryl methyl sites for hydroxylation is 1.